The van der Waals surface area contributed by atoms with Gasteiger partial charge < -0.3 is 14.4 Å². The molecule has 0 saturated carbocycles. The molecule has 3 rings (SSSR count). The van der Waals surface area contributed by atoms with E-state index in [-0.39, 0.29) is 5.91 Å². The third-order valence-electron chi connectivity index (χ3n) is 3.70. The van der Waals surface area contributed by atoms with Crippen molar-refractivity contribution in [2.45, 2.75) is 25.8 Å². The Morgan fingerprint density at radius 1 is 1.27 bits per heavy atom. The summed E-state index contributed by atoms with van der Waals surface area (Å²) in [5.74, 6) is -0.362. The Morgan fingerprint density at radius 3 is 2.59 bits per heavy atom. The lowest BCUT2D eigenvalue weighted by Gasteiger charge is -2.21. The standard InChI is InChI=1S/C15H15N3O4/c1-9-16-17-13(22-9)10-4-6-11(7-5-10)14(19)18-8-2-3-12(18)15(20)21/h4-7,12H,2-3,8H2,1H3,(H,20,21)/t12-/m1/s1. The number of likely N-dealkylation sites (tertiary alicyclic amines) is 1. The first-order valence-electron chi connectivity index (χ1n) is 7.00. The monoisotopic (exact) mass is 301 g/mol. The predicted molar refractivity (Wildman–Crippen MR) is 76.2 cm³/mol. The SMILES string of the molecule is Cc1nnc(-c2ccc(C(=O)N3CCC[C@@H]3C(=O)O)cc2)o1. The molecule has 7 nitrogen and oxygen atoms in total. The number of hydrogen-bond donors (Lipinski definition) is 1. The summed E-state index contributed by atoms with van der Waals surface area (Å²) in [7, 11) is 0. The highest BCUT2D eigenvalue weighted by Crippen LogP contribution is 2.22. The van der Waals surface area contributed by atoms with E-state index in [4.69, 9.17) is 9.52 Å². The highest BCUT2D eigenvalue weighted by molar-refractivity contribution is 5.97. The number of amides is 1. The Kier molecular flexibility index (Phi) is 3.62. The van der Waals surface area contributed by atoms with Gasteiger partial charge >= 0.3 is 5.97 Å². The van der Waals surface area contributed by atoms with E-state index in [0.29, 0.717) is 42.3 Å². The number of aryl methyl sites for hydroxylation is 1. The Bertz CT molecular complexity index is 708. The van der Waals surface area contributed by atoms with Crippen molar-refractivity contribution in [1.29, 1.82) is 0 Å². The second kappa shape index (κ2) is 5.59. The molecule has 1 N–H and O–H groups in total. The minimum absolute atomic E-state index is 0.266. The molecule has 114 valence electrons. The lowest BCUT2D eigenvalue weighted by atomic mass is 10.1. The first kappa shape index (κ1) is 14.2. The van der Waals surface area contributed by atoms with Crippen molar-refractivity contribution >= 4 is 11.9 Å². The molecule has 22 heavy (non-hydrogen) atoms. The molecule has 0 unspecified atom stereocenters. The fourth-order valence-corrected chi connectivity index (χ4v) is 2.60. The third kappa shape index (κ3) is 2.57. The Labute approximate surface area is 126 Å². The molecule has 1 aromatic heterocycles. The zero-order valence-electron chi connectivity index (χ0n) is 12.0. The quantitative estimate of drug-likeness (QED) is 0.927. The Hall–Kier alpha value is -2.70. The number of carbonyl (C=O) groups is 2. The van der Waals surface area contributed by atoms with Gasteiger partial charge in [0, 0.05) is 24.6 Å². The van der Waals surface area contributed by atoms with Crippen LogP contribution in [0.25, 0.3) is 11.5 Å². The summed E-state index contributed by atoms with van der Waals surface area (Å²) in [5.41, 5.74) is 1.17. The Morgan fingerprint density at radius 2 is 2.00 bits per heavy atom. The van der Waals surface area contributed by atoms with E-state index in [2.05, 4.69) is 10.2 Å². The van der Waals surface area contributed by atoms with Crippen LogP contribution < -0.4 is 0 Å². The molecular weight excluding hydrogens is 286 g/mol. The maximum absolute atomic E-state index is 12.4. The number of carboxylic acid groups (broad SMARTS) is 1. The van der Waals surface area contributed by atoms with Crippen molar-refractivity contribution in [3.05, 3.63) is 35.7 Å². The number of hydrogen-bond acceptors (Lipinski definition) is 5. The van der Waals surface area contributed by atoms with Gasteiger partial charge in [-0.15, -0.1) is 10.2 Å². The number of rotatable bonds is 3. The molecular formula is C15H15N3O4. The summed E-state index contributed by atoms with van der Waals surface area (Å²) >= 11 is 0. The zero-order chi connectivity index (χ0) is 15.7. The first-order chi connectivity index (χ1) is 10.6. The molecule has 1 aromatic carbocycles. The van der Waals surface area contributed by atoms with E-state index in [1.807, 2.05) is 0 Å². The number of carbonyl (C=O) groups excluding carboxylic acids is 1. The Balaban J connectivity index is 1.80. The van der Waals surface area contributed by atoms with Crippen molar-refractivity contribution in [1.82, 2.24) is 15.1 Å². The van der Waals surface area contributed by atoms with Crippen LogP contribution in [-0.4, -0.2) is 44.7 Å². The van der Waals surface area contributed by atoms with Gasteiger partial charge in [0.05, 0.1) is 0 Å². The van der Waals surface area contributed by atoms with E-state index in [9.17, 15) is 9.59 Å². The van der Waals surface area contributed by atoms with Gasteiger partial charge in [0.1, 0.15) is 6.04 Å². The van der Waals surface area contributed by atoms with Crippen LogP contribution in [-0.2, 0) is 4.79 Å². The number of benzene rings is 1. The van der Waals surface area contributed by atoms with Crippen molar-refractivity contribution in [3.8, 4) is 11.5 Å². The number of nitrogens with zero attached hydrogens (tertiary/aromatic N) is 3. The van der Waals surface area contributed by atoms with E-state index >= 15 is 0 Å². The fraction of sp³-hybridized carbons (Fsp3) is 0.333. The summed E-state index contributed by atoms with van der Waals surface area (Å²) in [6.07, 6.45) is 1.21. The van der Waals surface area contributed by atoms with Crippen molar-refractivity contribution in [3.63, 3.8) is 0 Å². The highest BCUT2D eigenvalue weighted by Gasteiger charge is 2.34. The van der Waals surface area contributed by atoms with Crippen LogP contribution in [0.5, 0.6) is 0 Å². The number of aliphatic carboxylic acids is 1. The summed E-state index contributed by atoms with van der Waals surface area (Å²) in [4.78, 5) is 25.0. The van der Waals surface area contributed by atoms with Gasteiger partial charge in [0.15, 0.2) is 0 Å². The summed E-state index contributed by atoms with van der Waals surface area (Å²) in [6.45, 7) is 2.17. The normalized spacial score (nSPS) is 17.7. The smallest absolute Gasteiger partial charge is 0.326 e. The summed E-state index contributed by atoms with van der Waals surface area (Å²) in [6, 6.07) is 5.99. The van der Waals surface area contributed by atoms with E-state index < -0.39 is 12.0 Å². The van der Waals surface area contributed by atoms with Gasteiger partial charge in [-0.2, -0.15) is 0 Å². The molecule has 1 amide bonds. The average Bonchev–Trinajstić information content (AvgIpc) is 3.15. The lowest BCUT2D eigenvalue weighted by Crippen LogP contribution is -2.40. The number of carboxylic acids is 1. The minimum atomic E-state index is -0.955. The van der Waals surface area contributed by atoms with Crippen LogP contribution in [0, 0.1) is 6.92 Å². The van der Waals surface area contributed by atoms with Crippen LogP contribution in [0.4, 0.5) is 0 Å². The molecule has 0 bridgehead atoms. The fourth-order valence-electron chi connectivity index (χ4n) is 2.60. The maximum atomic E-state index is 12.4. The maximum Gasteiger partial charge on any atom is 0.326 e. The molecule has 2 aromatic rings. The van der Waals surface area contributed by atoms with Gasteiger partial charge in [0.25, 0.3) is 5.91 Å². The zero-order valence-corrected chi connectivity index (χ0v) is 12.0. The molecule has 1 aliphatic rings. The van der Waals surface area contributed by atoms with Gasteiger partial charge in [-0.1, -0.05) is 0 Å². The second-order valence-corrected chi connectivity index (χ2v) is 5.20. The van der Waals surface area contributed by atoms with Crippen LogP contribution >= 0.6 is 0 Å². The topological polar surface area (TPSA) is 96.5 Å². The van der Waals surface area contributed by atoms with Crippen molar-refractivity contribution < 1.29 is 19.1 Å². The summed E-state index contributed by atoms with van der Waals surface area (Å²) in [5, 5.41) is 16.8. The largest absolute Gasteiger partial charge is 0.480 e. The molecule has 7 heteroatoms. The molecule has 1 atom stereocenters. The predicted octanol–water partition coefficient (Wildman–Crippen LogP) is 1.73. The first-order valence-corrected chi connectivity index (χ1v) is 7.00. The number of aromatic nitrogens is 2. The van der Waals surface area contributed by atoms with Crippen LogP contribution in [0.15, 0.2) is 28.7 Å². The molecule has 1 saturated heterocycles. The highest BCUT2D eigenvalue weighted by atomic mass is 16.4. The van der Waals surface area contributed by atoms with Gasteiger partial charge in [0.2, 0.25) is 11.8 Å². The molecule has 0 spiro atoms. The van der Waals surface area contributed by atoms with E-state index in [1.165, 1.54) is 4.90 Å². The second-order valence-electron chi connectivity index (χ2n) is 5.20. The van der Waals surface area contributed by atoms with Crippen LogP contribution in [0.3, 0.4) is 0 Å². The molecule has 1 fully saturated rings. The van der Waals surface area contributed by atoms with Crippen LogP contribution in [0.2, 0.25) is 0 Å². The van der Waals surface area contributed by atoms with E-state index in [0.717, 1.165) is 0 Å². The van der Waals surface area contributed by atoms with Gasteiger partial charge in [-0.25, -0.2) is 4.79 Å². The summed E-state index contributed by atoms with van der Waals surface area (Å²) < 4.78 is 5.32. The van der Waals surface area contributed by atoms with E-state index in [1.54, 1.807) is 31.2 Å². The minimum Gasteiger partial charge on any atom is -0.480 e. The molecule has 1 aliphatic heterocycles. The van der Waals surface area contributed by atoms with Gasteiger partial charge in [-0.05, 0) is 37.1 Å². The van der Waals surface area contributed by atoms with Crippen LogP contribution in [0.1, 0.15) is 29.1 Å². The van der Waals surface area contributed by atoms with Gasteiger partial charge in [-0.3, -0.25) is 4.79 Å². The average molecular weight is 301 g/mol. The van der Waals surface area contributed by atoms with Crippen molar-refractivity contribution in [2.75, 3.05) is 6.54 Å². The van der Waals surface area contributed by atoms with Crippen molar-refractivity contribution in [2.24, 2.45) is 0 Å². The molecule has 0 aliphatic carbocycles. The molecule has 2 heterocycles. The third-order valence-corrected chi connectivity index (χ3v) is 3.70. The molecule has 0 radical (unpaired) electrons. The lowest BCUT2D eigenvalue weighted by molar-refractivity contribution is -0.141.